The number of carboxylic acids is 1. The van der Waals surface area contributed by atoms with Gasteiger partial charge >= 0.3 is 5.97 Å². The van der Waals surface area contributed by atoms with Crippen LogP contribution in [0.2, 0.25) is 0 Å². The van der Waals surface area contributed by atoms with Crippen molar-refractivity contribution >= 4 is 23.5 Å². The highest BCUT2D eigenvalue weighted by molar-refractivity contribution is 6.19. The third-order valence-electron chi connectivity index (χ3n) is 6.38. The predicted octanol–water partition coefficient (Wildman–Crippen LogP) is 5.13. The molecule has 1 aliphatic heterocycles. The number of anilines is 1. The number of rotatable bonds is 3. The number of halogens is 3. The van der Waals surface area contributed by atoms with Crippen LogP contribution in [0.5, 0.6) is 0 Å². The molecule has 0 aromatic heterocycles. The number of fused-ring (bicyclic) bond motifs is 2. The molecule has 1 N–H and O–H groups in total. The van der Waals surface area contributed by atoms with Crippen LogP contribution in [-0.4, -0.2) is 22.9 Å². The molecule has 0 saturated carbocycles. The highest BCUT2D eigenvalue weighted by Crippen LogP contribution is 2.44. The molecule has 2 atom stereocenters. The monoisotopic (exact) mass is 449 g/mol. The summed E-state index contributed by atoms with van der Waals surface area (Å²) in [5, 5.41) is 9.53. The topological polar surface area (TPSA) is 57.6 Å². The molecule has 2 aliphatic carbocycles. The van der Waals surface area contributed by atoms with Crippen LogP contribution < -0.4 is 4.90 Å². The summed E-state index contributed by atoms with van der Waals surface area (Å²) in [6.45, 7) is 1.66. The highest BCUT2D eigenvalue weighted by atomic mass is 19.1. The summed E-state index contributed by atoms with van der Waals surface area (Å²) in [6, 6.07) is 9.72. The van der Waals surface area contributed by atoms with Gasteiger partial charge in [0.1, 0.15) is 23.0 Å². The molecule has 1 heterocycles. The molecule has 2 aromatic carbocycles. The number of allylic oxidation sites excluding steroid dienone is 3. The number of carbonyl (C=O) groups is 2. The van der Waals surface area contributed by atoms with Crippen molar-refractivity contribution in [2.75, 3.05) is 4.90 Å². The molecule has 0 saturated heterocycles. The molecule has 166 valence electrons. The number of benzene rings is 2. The van der Waals surface area contributed by atoms with Gasteiger partial charge in [-0.15, -0.1) is 0 Å². The standard InChI is InChI=1S/C26H18F3NO3/c1-13-23(16-8-14-4-2-3-5-15(14)9-16)21(29)11-18-24(13)30(12-19(25(18)31)26(32)33)22-7-6-17(27)10-20(22)28/h2-8,10-12,18,24H,9H2,1H3,(H,32,33). The van der Waals surface area contributed by atoms with Gasteiger partial charge in [0.25, 0.3) is 0 Å². The Morgan fingerprint density at radius 1 is 1.12 bits per heavy atom. The minimum Gasteiger partial charge on any atom is -0.478 e. The molecule has 4 nitrogen and oxygen atoms in total. The van der Waals surface area contributed by atoms with E-state index in [0.717, 1.165) is 35.0 Å². The van der Waals surface area contributed by atoms with Crippen LogP contribution in [0.25, 0.3) is 6.08 Å². The van der Waals surface area contributed by atoms with Crippen LogP contribution in [0, 0.1) is 17.6 Å². The van der Waals surface area contributed by atoms with Crippen molar-refractivity contribution in [3.05, 3.63) is 106 Å². The van der Waals surface area contributed by atoms with Gasteiger partial charge in [0.2, 0.25) is 0 Å². The zero-order valence-corrected chi connectivity index (χ0v) is 17.5. The third-order valence-corrected chi connectivity index (χ3v) is 6.38. The molecule has 0 amide bonds. The van der Waals surface area contributed by atoms with Gasteiger partial charge in [-0.2, -0.15) is 0 Å². The fourth-order valence-corrected chi connectivity index (χ4v) is 4.92. The van der Waals surface area contributed by atoms with Gasteiger partial charge < -0.3 is 10.0 Å². The molecule has 0 spiro atoms. The number of ketones is 1. The van der Waals surface area contributed by atoms with Crippen LogP contribution in [-0.2, 0) is 16.0 Å². The van der Waals surface area contributed by atoms with Gasteiger partial charge in [0, 0.05) is 17.8 Å². The summed E-state index contributed by atoms with van der Waals surface area (Å²) < 4.78 is 43.7. The second-order valence-corrected chi connectivity index (χ2v) is 8.30. The van der Waals surface area contributed by atoms with Crippen molar-refractivity contribution in [2.24, 2.45) is 5.92 Å². The van der Waals surface area contributed by atoms with Crippen LogP contribution in [0.3, 0.4) is 0 Å². The van der Waals surface area contributed by atoms with Crippen LogP contribution >= 0.6 is 0 Å². The zero-order valence-electron chi connectivity index (χ0n) is 17.5. The normalized spacial score (nSPS) is 21.9. The highest BCUT2D eigenvalue weighted by Gasteiger charge is 2.45. The first-order valence-electron chi connectivity index (χ1n) is 10.4. The van der Waals surface area contributed by atoms with E-state index in [1.165, 1.54) is 11.0 Å². The van der Waals surface area contributed by atoms with E-state index in [4.69, 9.17) is 0 Å². The lowest BCUT2D eigenvalue weighted by Gasteiger charge is -2.42. The molecule has 7 heteroatoms. The van der Waals surface area contributed by atoms with E-state index in [9.17, 15) is 23.5 Å². The van der Waals surface area contributed by atoms with E-state index in [1.807, 2.05) is 30.3 Å². The Kier molecular flexibility index (Phi) is 4.85. The van der Waals surface area contributed by atoms with E-state index in [1.54, 1.807) is 6.92 Å². The van der Waals surface area contributed by atoms with Crippen molar-refractivity contribution in [1.82, 2.24) is 0 Å². The van der Waals surface area contributed by atoms with Gasteiger partial charge in [-0.25, -0.2) is 18.0 Å². The van der Waals surface area contributed by atoms with Gasteiger partial charge in [-0.05, 0) is 53.8 Å². The van der Waals surface area contributed by atoms with Gasteiger partial charge in [0.05, 0.1) is 17.6 Å². The van der Waals surface area contributed by atoms with E-state index >= 15 is 4.39 Å². The Bertz CT molecular complexity index is 1350. The molecular weight excluding hydrogens is 431 g/mol. The Morgan fingerprint density at radius 2 is 1.88 bits per heavy atom. The smallest absolute Gasteiger partial charge is 0.340 e. The fourth-order valence-electron chi connectivity index (χ4n) is 4.92. The number of carboxylic acid groups (broad SMARTS) is 1. The first kappa shape index (κ1) is 21.0. The van der Waals surface area contributed by atoms with Crippen molar-refractivity contribution < 1.29 is 27.9 Å². The molecule has 0 fully saturated rings. The van der Waals surface area contributed by atoms with Gasteiger partial charge in [0.15, 0.2) is 5.78 Å². The lowest BCUT2D eigenvalue weighted by atomic mass is 9.76. The predicted molar refractivity (Wildman–Crippen MR) is 117 cm³/mol. The molecule has 0 radical (unpaired) electrons. The molecule has 2 unspecified atom stereocenters. The van der Waals surface area contributed by atoms with Gasteiger partial charge in [-0.3, -0.25) is 4.79 Å². The maximum atomic E-state index is 15.4. The van der Waals surface area contributed by atoms with Crippen LogP contribution in [0.1, 0.15) is 18.1 Å². The second-order valence-electron chi connectivity index (χ2n) is 8.30. The summed E-state index contributed by atoms with van der Waals surface area (Å²) in [7, 11) is 0. The average molecular weight is 449 g/mol. The van der Waals surface area contributed by atoms with E-state index in [0.29, 0.717) is 23.6 Å². The average Bonchev–Trinajstić information content (AvgIpc) is 3.18. The number of hydrogen-bond donors (Lipinski definition) is 1. The Balaban J connectivity index is 1.68. The zero-order chi connectivity index (χ0) is 23.4. The molecule has 5 rings (SSSR count). The lowest BCUT2D eigenvalue weighted by molar-refractivity contribution is -0.135. The SMILES string of the molecule is CC1=C(C2=Cc3ccccc3C2)C(F)=CC2C(=O)C(C(=O)O)=CN(c3ccc(F)cc3F)C12. The second kappa shape index (κ2) is 7.62. The van der Waals surface area contributed by atoms with Crippen molar-refractivity contribution in [2.45, 2.75) is 19.4 Å². The Hall–Kier alpha value is -3.87. The largest absolute Gasteiger partial charge is 0.478 e. The molecule has 0 bridgehead atoms. The number of carbonyl (C=O) groups excluding carboxylic acids is 1. The van der Waals surface area contributed by atoms with E-state index < -0.39 is 46.7 Å². The molecule has 3 aliphatic rings. The quantitative estimate of drug-likeness (QED) is 0.660. The van der Waals surface area contributed by atoms with Crippen molar-refractivity contribution in [1.29, 1.82) is 0 Å². The van der Waals surface area contributed by atoms with Crippen LogP contribution in [0.15, 0.2) is 82.9 Å². The van der Waals surface area contributed by atoms with Crippen molar-refractivity contribution in [3.8, 4) is 0 Å². The first-order valence-corrected chi connectivity index (χ1v) is 10.4. The fraction of sp³-hybridized carbons (Fsp3) is 0.154. The Labute approximate surface area is 187 Å². The number of hydrogen-bond acceptors (Lipinski definition) is 3. The Morgan fingerprint density at radius 3 is 2.58 bits per heavy atom. The van der Waals surface area contributed by atoms with Gasteiger partial charge in [-0.1, -0.05) is 30.3 Å². The number of Topliss-reactive ketones (excluding diaryl/α,β-unsaturated/α-hetero) is 1. The van der Waals surface area contributed by atoms with E-state index in [-0.39, 0.29) is 5.69 Å². The third kappa shape index (κ3) is 3.31. The number of aliphatic carboxylic acids is 1. The van der Waals surface area contributed by atoms with E-state index in [2.05, 4.69) is 0 Å². The minimum absolute atomic E-state index is 0.101. The lowest BCUT2D eigenvalue weighted by Crippen LogP contribution is -2.48. The first-order chi connectivity index (χ1) is 15.8. The number of nitrogens with zero attached hydrogens (tertiary/aromatic N) is 1. The summed E-state index contributed by atoms with van der Waals surface area (Å²) >= 11 is 0. The maximum Gasteiger partial charge on any atom is 0.340 e. The molecular formula is C26H18F3NO3. The summed E-state index contributed by atoms with van der Waals surface area (Å²) in [5.74, 6) is -5.75. The summed E-state index contributed by atoms with van der Waals surface area (Å²) in [4.78, 5) is 25.9. The van der Waals surface area contributed by atoms with Crippen molar-refractivity contribution in [3.63, 3.8) is 0 Å². The maximum absolute atomic E-state index is 15.4. The summed E-state index contributed by atoms with van der Waals surface area (Å²) in [6.07, 6.45) is 4.55. The summed E-state index contributed by atoms with van der Waals surface area (Å²) in [5.41, 5.74) is 2.83. The molecule has 2 aromatic rings. The minimum atomic E-state index is -1.50. The molecule has 33 heavy (non-hydrogen) atoms. The van der Waals surface area contributed by atoms with Crippen LogP contribution in [0.4, 0.5) is 18.9 Å².